The second kappa shape index (κ2) is 8.94. The molecule has 3 aromatic rings. The lowest BCUT2D eigenvalue weighted by molar-refractivity contribution is -0.0482. The molecule has 1 aliphatic rings. The second-order valence-corrected chi connectivity index (χ2v) is 7.21. The van der Waals surface area contributed by atoms with Gasteiger partial charge in [0.05, 0.1) is 6.61 Å². The molecule has 1 amide bonds. The van der Waals surface area contributed by atoms with E-state index in [4.69, 9.17) is 0 Å². The van der Waals surface area contributed by atoms with Gasteiger partial charge < -0.3 is 10.4 Å². The zero-order valence-electron chi connectivity index (χ0n) is 16.1. The number of carbonyl (C=O) groups excluding carboxylic acids is 1. The molecule has 1 saturated heterocycles. The zero-order chi connectivity index (χ0) is 20.1. The third-order valence-corrected chi connectivity index (χ3v) is 5.51. The quantitative estimate of drug-likeness (QED) is 0.649. The van der Waals surface area contributed by atoms with Crippen LogP contribution in [0.25, 0.3) is 0 Å². The lowest BCUT2D eigenvalue weighted by Gasteiger charge is -2.55. The summed E-state index contributed by atoms with van der Waals surface area (Å²) in [5.41, 5.74) is 2.66. The molecule has 148 valence electrons. The minimum Gasteiger partial charge on any atom is -0.395 e. The van der Waals surface area contributed by atoms with Crippen molar-refractivity contribution in [2.75, 3.05) is 13.2 Å². The molecule has 0 unspecified atom stereocenters. The van der Waals surface area contributed by atoms with Crippen LogP contribution in [0.5, 0.6) is 0 Å². The molecule has 2 aromatic heterocycles. The Morgan fingerprint density at radius 3 is 2.52 bits per heavy atom. The summed E-state index contributed by atoms with van der Waals surface area (Å²) in [7, 11) is 0. The second-order valence-electron chi connectivity index (χ2n) is 7.21. The summed E-state index contributed by atoms with van der Waals surface area (Å²) in [6, 6.07) is 19.5. The van der Waals surface area contributed by atoms with Gasteiger partial charge in [0.1, 0.15) is 5.69 Å². The van der Waals surface area contributed by atoms with Crippen molar-refractivity contribution in [3.63, 3.8) is 0 Å². The van der Waals surface area contributed by atoms with Crippen LogP contribution in [0.1, 0.15) is 27.5 Å². The molecule has 1 fully saturated rings. The summed E-state index contributed by atoms with van der Waals surface area (Å²) < 4.78 is 0. The average molecular weight is 388 g/mol. The smallest absolute Gasteiger partial charge is 0.269 e. The summed E-state index contributed by atoms with van der Waals surface area (Å²) in [5.74, 6) is -0.0481. The van der Waals surface area contributed by atoms with E-state index in [0.29, 0.717) is 18.8 Å². The molecule has 3 heterocycles. The predicted molar refractivity (Wildman–Crippen MR) is 110 cm³/mol. The Bertz CT molecular complexity index is 921. The van der Waals surface area contributed by atoms with E-state index in [0.717, 1.165) is 5.56 Å². The lowest BCUT2D eigenvalue weighted by atomic mass is 9.75. The van der Waals surface area contributed by atoms with Crippen molar-refractivity contribution < 1.29 is 9.90 Å². The van der Waals surface area contributed by atoms with Gasteiger partial charge in [-0.15, -0.1) is 0 Å². The van der Waals surface area contributed by atoms with Crippen LogP contribution in [-0.2, 0) is 6.54 Å². The standard InChI is InChI=1S/C23H24N4O2/c28-16-21-22(18-8-2-1-3-9-18)20(27(21)15-17-7-6-11-24-13-17)14-26-23(29)19-10-4-5-12-25-19/h1-13,20-22,28H,14-16H2,(H,26,29)/t20-,21-,22-/m1/s1. The fraction of sp³-hybridized carbons (Fsp3) is 0.261. The molecule has 29 heavy (non-hydrogen) atoms. The van der Waals surface area contributed by atoms with E-state index >= 15 is 0 Å². The molecule has 3 atom stereocenters. The van der Waals surface area contributed by atoms with Gasteiger partial charge in [-0.2, -0.15) is 0 Å². The number of amides is 1. The number of likely N-dealkylation sites (tertiary alicyclic amines) is 1. The van der Waals surface area contributed by atoms with Crippen LogP contribution in [0.3, 0.4) is 0 Å². The molecule has 0 radical (unpaired) electrons. The molecule has 6 nitrogen and oxygen atoms in total. The lowest BCUT2D eigenvalue weighted by Crippen LogP contribution is -2.66. The van der Waals surface area contributed by atoms with E-state index in [2.05, 4.69) is 32.3 Å². The minimum atomic E-state index is -0.189. The van der Waals surface area contributed by atoms with Gasteiger partial charge >= 0.3 is 0 Å². The van der Waals surface area contributed by atoms with Crippen LogP contribution in [-0.4, -0.2) is 51.1 Å². The van der Waals surface area contributed by atoms with E-state index in [9.17, 15) is 9.90 Å². The topological polar surface area (TPSA) is 78.4 Å². The van der Waals surface area contributed by atoms with Gasteiger partial charge in [0.2, 0.25) is 0 Å². The highest BCUT2D eigenvalue weighted by molar-refractivity contribution is 5.92. The van der Waals surface area contributed by atoms with E-state index in [1.54, 1.807) is 30.6 Å². The predicted octanol–water partition coefficient (Wildman–Crippen LogP) is 2.24. The number of benzene rings is 1. The van der Waals surface area contributed by atoms with Gasteiger partial charge in [0.25, 0.3) is 5.91 Å². The number of aliphatic hydroxyl groups excluding tert-OH is 1. The van der Waals surface area contributed by atoms with Gasteiger partial charge in [0, 0.05) is 49.7 Å². The highest BCUT2D eigenvalue weighted by atomic mass is 16.3. The van der Waals surface area contributed by atoms with Crippen LogP contribution in [0.15, 0.2) is 79.3 Å². The van der Waals surface area contributed by atoms with Crippen LogP contribution in [0.4, 0.5) is 0 Å². The van der Waals surface area contributed by atoms with Crippen molar-refractivity contribution in [3.8, 4) is 0 Å². The molecule has 1 aromatic carbocycles. The number of carbonyl (C=O) groups is 1. The fourth-order valence-electron chi connectivity index (χ4n) is 4.12. The van der Waals surface area contributed by atoms with Gasteiger partial charge in [0.15, 0.2) is 0 Å². The van der Waals surface area contributed by atoms with Gasteiger partial charge in [-0.3, -0.25) is 19.7 Å². The van der Waals surface area contributed by atoms with Crippen molar-refractivity contribution >= 4 is 5.91 Å². The van der Waals surface area contributed by atoms with Crippen molar-refractivity contribution in [1.29, 1.82) is 0 Å². The van der Waals surface area contributed by atoms with Crippen molar-refractivity contribution in [3.05, 3.63) is 96.1 Å². The van der Waals surface area contributed by atoms with E-state index in [1.165, 1.54) is 5.56 Å². The Morgan fingerprint density at radius 2 is 1.83 bits per heavy atom. The zero-order valence-corrected chi connectivity index (χ0v) is 16.1. The summed E-state index contributed by atoms with van der Waals surface area (Å²) >= 11 is 0. The first kappa shape index (κ1) is 19.2. The number of nitrogens with one attached hydrogen (secondary N) is 1. The SMILES string of the molecule is O=C(NC[C@@H]1[C@@H](c2ccccc2)[C@@H](CO)N1Cc1cccnc1)c1ccccn1. The first-order valence-electron chi connectivity index (χ1n) is 9.77. The molecular formula is C23H24N4O2. The molecule has 0 bridgehead atoms. The Balaban J connectivity index is 1.53. The average Bonchev–Trinajstić information content (AvgIpc) is 2.78. The maximum atomic E-state index is 12.5. The highest BCUT2D eigenvalue weighted by Crippen LogP contribution is 2.41. The number of pyridine rings is 2. The Morgan fingerprint density at radius 1 is 1.00 bits per heavy atom. The third-order valence-electron chi connectivity index (χ3n) is 5.51. The number of rotatable bonds is 7. The van der Waals surface area contributed by atoms with Gasteiger partial charge in [-0.1, -0.05) is 42.5 Å². The molecule has 0 saturated carbocycles. The van der Waals surface area contributed by atoms with Crippen LogP contribution in [0, 0.1) is 0 Å². The molecule has 0 aliphatic carbocycles. The number of hydrogen-bond donors (Lipinski definition) is 2. The molecule has 4 rings (SSSR count). The number of nitrogens with zero attached hydrogens (tertiary/aromatic N) is 3. The van der Waals surface area contributed by atoms with Crippen molar-refractivity contribution in [1.82, 2.24) is 20.2 Å². The van der Waals surface area contributed by atoms with E-state index in [1.807, 2.05) is 36.5 Å². The number of aromatic nitrogens is 2. The Labute approximate surface area is 170 Å². The monoisotopic (exact) mass is 388 g/mol. The normalized spacial score (nSPS) is 21.3. The van der Waals surface area contributed by atoms with E-state index in [-0.39, 0.29) is 30.5 Å². The molecular weight excluding hydrogens is 364 g/mol. The molecule has 6 heteroatoms. The summed E-state index contributed by atoms with van der Waals surface area (Å²) in [6.07, 6.45) is 5.20. The number of aliphatic hydroxyl groups is 1. The summed E-state index contributed by atoms with van der Waals surface area (Å²) in [4.78, 5) is 23.1. The first-order chi connectivity index (χ1) is 14.3. The van der Waals surface area contributed by atoms with Gasteiger partial charge in [-0.05, 0) is 29.3 Å². The first-order valence-corrected chi connectivity index (χ1v) is 9.77. The summed E-state index contributed by atoms with van der Waals surface area (Å²) in [5, 5.41) is 13.1. The van der Waals surface area contributed by atoms with E-state index < -0.39 is 0 Å². The molecule has 1 aliphatic heterocycles. The highest BCUT2D eigenvalue weighted by Gasteiger charge is 2.48. The van der Waals surface area contributed by atoms with Crippen LogP contribution in [0.2, 0.25) is 0 Å². The van der Waals surface area contributed by atoms with Crippen LogP contribution < -0.4 is 5.32 Å². The summed E-state index contributed by atoms with van der Waals surface area (Å²) in [6.45, 7) is 1.21. The Hall–Kier alpha value is -3.09. The number of hydrogen-bond acceptors (Lipinski definition) is 5. The van der Waals surface area contributed by atoms with Gasteiger partial charge in [-0.25, -0.2) is 0 Å². The maximum Gasteiger partial charge on any atom is 0.269 e. The largest absolute Gasteiger partial charge is 0.395 e. The fourth-order valence-corrected chi connectivity index (χ4v) is 4.12. The van der Waals surface area contributed by atoms with Crippen LogP contribution >= 0.6 is 0 Å². The van der Waals surface area contributed by atoms with Crippen molar-refractivity contribution in [2.24, 2.45) is 0 Å². The minimum absolute atomic E-state index is 0.00522. The Kier molecular flexibility index (Phi) is 5.93. The third kappa shape index (κ3) is 4.18. The maximum absolute atomic E-state index is 12.5. The van der Waals surface area contributed by atoms with Crippen molar-refractivity contribution in [2.45, 2.75) is 24.5 Å². The molecule has 2 N–H and O–H groups in total. The molecule has 0 spiro atoms.